The van der Waals surface area contributed by atoms with Gasteiger partial charge in [0.1, 0.15) is 0 Å². The summed E-state index contributed by atoms with van der Waals surface area (Å²) in [5, 5.41) is 0.204. The molecule has 0 amide bonds. The Bertz CT molecular complexity index is 686. The summed E-state index contributed by atoms with van der Waals surface area (Å²) >= 11 is 5.81. The molecule has 3 nitrogen and oxygen atoms in total. The highest BCUT2D eigenvalue weighted by Crippen LogP contribution is 2.33. The number of hydrogen-bond donors (Lipinski definition) is 0. The fourth-order valence-corrected chi connectivity index (χ4v) is 1.94. The van der Waals surface area contributed by atoms with Crippen LogP contribution < -0.4 is 0 Å². The molecular formula is C14H9ClF3NO2. The van der Waals surface area contributed by atoms with Crippen LogP contribution in [0.5, 0.6) is 0 Å². The standard InChI is InChI=1S/C14H9ClF3NO2/c1-21-13(20)12-11(6-10(15)7-19-12)8-3-2-4-9(5-8)14(16,17)18/h2-7H,1H3. The zero-order valence-electron chi connectivity index (χ0n) is 10.7. The Labute approximate surface area is 123 Å². The van der Waals surface area contributed by atoms with E-state index in [0.29, 0.717) is 0 Å². The molecule has 1 aromatic carbocycles. The summed E-state index contributed by atoms with van der Waals surface area (Å²) in [5.41, 5.74) is -0.558. The van der Waals surface area contributed by atoms with Crippen LogP contribution in [0, 0.1) is 0 Å². The van der Waals surface area contributed by atoms with E-state index in [9.17, 15) is 18.0 Å². The van der Waals surface area contributed by atoms with Crippen LogP contribution in [0.25, 0.3) is 11.1 Å². The number of rotatable bonds is 2. The van der Waals surface area contributed by atoms with Crippen LogP contribution in [-0.4, -0.2) is 18.1 Å². The number of carbonyl (C=O) groups is 1. The van der Waals surface area contributed by atoms with Crippen LogP contribution in [0.1, 0.15) is 16.1 Å². The molecule has 0 spiro atoms. The highest BCUT2D eigenvalue weighted by molar-refractivity contribution is 6.30. The largest absolute Gasteiger partial charge is 0.464 e. The first-order valence-corrected chi connectivity index (χ1v) is 6.12. The normalized spacial score (nSPS) is 11.3. The third-order valence-corrected chi connectivity index (χ3v) is 2.94. The predicted molar refractivity (Wildman–Crippen MR) is 71.0 cm³/mol. The van der Waals surface area contributed by atoms with E-state index in [1.54, 1.807) is 0 Å². The predicted octanol–water partition coefficient (Wildman–Crippen LogP) is 4.21. The highest BCUT2D eigenvalue weighted by atomic mass is 35.5. The number of esters is 1. The number of halogens is 4. The summed E-state index contributed by atoms with van der Waals surface area (Å²) in [6, 6.07) is 5.94. The second-order valence-electron chi connectivity index (χ2n) is 4.12. The molecule has 1 heterocycles. The number of benzene rings is 1. The molecule has 0 unspecified atom stereocenters. The molecule has 0 saturated heterocycles. The molecule has 0 aliphatic carbocycles. The van der Waals surface area contributed by atoms with Crippen LogP contribution in [0.4, 0.5) is 13.2 Å². The Morgan fingerprint density at radius 1 is 1.29 bits per heavy atom. The van der Waals surface area contributed by atoms with Crippen LogP contribution in [0.15, 0.2) is 36.5 Å². The molecule has 0 radical (unpaired) electrons. The maximum absolute atomic E-state index is 12.8. The van der Waals surface area contributed by atoms with E-state index in [-0.39, 0.29) is 21.8 Å². The van der Waals surface area contributed by atoms with Crippen molar-refractivity contribution >= 4 is 17.6 Å². The number of nitrogens with zero attached hydrogens (tertiary/aromatic N) is 1. The maximum atomic E-state index is 12.8. The monoisotopic (exact) mass is 315 g/mol. The van der Waals surface area contributed by atoms with Gasteiger partial charge >= 0.3 is 12.1 Å². The zero-order chi connectivity index (χ0) is 15.6. The molecular weight excluding hydrogens is 307 g/mol. The van der Waals surface area contributed by atoms with Gasteiger partial charge in [-0.05, 0) is 23.8 Å². The number of ether oxygens (including phenoxy) is 1. The first-order chi connectivity index (χ1) is 9.82. The molecule has 0 aliphatic rings. The lowest BCUT2D eigenvalue weighted by molar-refractivity contribution is -0.137. The second kappa shape index (κ2) is 5.73. The van der Waals surface area contributed by atoms with Crippen LogP contribution in [-0.2, 0) is 10.9 Å². The first-order valence-electron chi connectivity index (χ1n) is 5.74. The molecule has 0 aliphatic heterocycles. The summed E-state index contributed by atoms with van der Waals surface area (Å²) in [5.74, 6) is -0.751. The van der Waals surface area contributed by atoms with E-state index in [2.05, 4.69) is 9.72 Å². The van der Waals surface area contributed by atoms with Crippen LogP contribution in [0.2, 0.25) is 5.02 Å². The lowest BCUT2D eigenvalue weighted by atomic mass is 10.0. The van der Waals surface area contributed by atoms with Gasteiger partial charge in [0.2, 0.25) is 0 Å². The topological polar surface area (TPSA) is 39.2 Å². The second-order valence-corrected chi connectivity index (χ2v) is 4.56. The van der Waals surface area contributed by atoms with Crippen LogP contribution in [0.3, 0.4) is 0 Å². The fraction of sp³-hybridized carbons (Fsp3) is 0.143. The summed E-state index contributed by atoms with van der Waals surface area (Å²) in [6.07, 6.45) is -3.25. The Morgan fingerprint density at radius 2 is 2.00 bits per heavy atom. The number of alkyl halides is 3. The first kappa shape index (κ1) is 15.3. The number of carbonyl (C=O) groups excluding carboxylic acids is 1. The third kappa shape index (κ3) is 3.33. The van der Waals surface area contributed by atoms with Gasteiger partial charge in [-0.3, -0.25) is 0 Å². The average molecular weight is 316 g/mol. The van der Waals surface area contributed by atoms with E-state index in [1.807, 2.05) is 0 Å². The molecule has 0 saturated carbocycles. The van der Waals surface area contributed by atoms with Gasteiger partial charge in [-0.15, -0.1) is 0 Å². The lowest BCUT2D eigenvalue weighted by Gasteiger charge is -2.11. The van der Waals surface area contributed by atoms with Gasteiger partial charge in [0.25, 0.3) is 0 Å². The third-order valence-electron chi connectivity index (χ3n) is 2.73. The summed E-state index contributed by atoms with van der Waals surface area (Å²) in [7, 11) is 1.16. The van der Waals surface area contributed by atoms with Crippen molar-refractivity contribution in [2.24, 2.45) is 0 Å². The van der Waals surface area contributed by atoms with Crippen molar-refractivity contribution in [2.75, 3.05) is 7.11 Å². The smallest absolute Gasteiger partial charge is 0.416 e. The van der Waals surface area contributed by atoms with Crippen molar-refractivity contribution in [3.8, 4) is 11.1 Å². The molecule has 2 aromatic rings. The molecule has 1 aromatic heterocycles. The number of hydrogen-bond acceptors (Lipinski definition) is 3. The van der Waals surface area contributed by atoms with E-state index in [4.69, 9.17) is 11.6 Å². The van der Waals surface area contributed by atoms with Gasteiger partial charge < -0.3 is 4.74 Å². The quantitative estimate of drug-likeness (QED) is 0.779. The van der Waals surface area contributed by atoms with Crippen molar-refractivity contribution in [1.82, 2.24) is 4.98 Å². The van der Waals surface area contributed by atoms with E-state index < -0.39 is 17.7 Å². The van der Waals surface area contributed by atoms with Gasteiger partial charge in [0, 0.05) is 11.8 Å². The van der Waals surface area contributed by atoms with Crippen LogP contribution >= 0.6 is 11.6 Å². The van der Waals surface area contributed by atoms with Crippen molar-refractivity contribution in [3.63, 3.8) is 0 Å². The van der Waals surface area contributed by atoms with Gasteiger partial charge in [-0.2, -0.15) is 13.2 Å². The zero-order valence-corrected chi connectivity index (χ0v) is 11.5. The van der Waals surface area contributed by atoms with E-state index in [1.165, 1.54) is 24.4 Å². The minimum Gasteiger partial charge on any atom is -0.464 e. The molecule has 21 heavy (non-hydrogen) atoms. The minimum atomic E-state index is -4.48. The lowest BCUT2D eigenvalue weighted by Crippen LogP contribution is -2.08. The van der Waals surface area contributed by atoms with Gasteiger partial charge in [0.05, 0.1) is 17.7 Å². The molecule has 0 atom stereocenters. The average Bonchev–Trinajstić information content (AvgIpc) is 2.45. The molecule has 2 rings (SSSR count). The van der Waals surface area contributed by atoms with Crippen molar-refractivity contribution in [3.05, 3.63) is 52.8 Å². The molecule has 0 N–H and O–H groups in total. The van der Waals surface area contributed by atoms with Crippen molar-refractivity contribution < 1.29 is 22.7 Å². The summed E-state index contributed by atoms with van der Waals surface area (Å²) in [4.78, 5) is 15.5. The van der Waals surface area contributed by atoms with Gasteiger partial charge in [0.15, 0.2) is 5.69 Å². The van der Waals surface area contributed by atoms with Crippen molar-refractivity contribution in [1.29, 1.82) is 0 Å². The minimum absolute atomic E-state index is 0.0961. The van der Waals surface area contributed by atoms with E-state index in [0.717, 1.165) is 19.2 Å². The fourth-order valence-electron chi connectivity index (χ4n) is 1.78. The Hall–Kier alpha value is -2.08. The molecule has 0 bridgehead atoms. The number of aromatic nitrogens is 1. The highest BCUT2D eigenvalue weighted by Gasteiger charge is 2.30. The van der Waals surface area contributed by atoms with Gasteiger partial charge in [-0.25, -0.2) is 9.78 Å². The number of methoxy groups -OCH3 is 1. The Kier molecular flexibility index (Phi) is 4.18. The van der Waals surface area contributed by atoms with Gasteiger partial charge in [-0.1, -0.05) is 23.7 Å². The Balaban J connectivity index is 2.61. The summed E-state index contributed by atoms with van der Waals surface area (Å²) < 4.78 is 42.8. The number of pyridine rings is 1. The molecule has 7 heteroatoms. The maximum Gasteiger partial charge on any atom is 0.416 e. The SMILES string of the molecule is COC(=O)c1ncc(Cl)cc1-c1cccc(C(F)(F)F)c1. The summed E-state index contributed by atoms with van der Waals surface area (Å²) in [6.45, 7) is 0. The van der Waals surface area contributed by atoms with E-state index >= 15 is 0 Å². The molecule has 0 fully saturated rings. The Morgan fingerprint density at radius 3 is 2.62 bits per heavy atom. The van der Waals surface area contributed by atoms with Crippen molar-refractivity contribution in [2.45, 2.75) is 6.18 Å². The molecule has 110 valence electrons.